The molecule has 1 atom stereocenters. The van der Waals surface area contributed by atoms with Crippen molar-refractivity contribution in [3.05, 3.63) is 60.6 Å². The second kappa shape index (κ2) is 7.63. The maximum atomic E-state index is 12.2. The van der Waals surface area contributed by atoms with Gasteiger partial charge in [0.2, 0.25) is 11.1 Å². The maximum absolute atomic E-state index is 12.2. The molecule has 2 N–H and O–H groups in total. The van der Waals surface area contributed by atoms with Gasteiger partial charge in [0.25, 0.3) is 0 Å². The van der Waals surface area contributed by atoms with Crippen molar-refractivity contribution in [2.24, 2.45) is 0 Å². The van der Waals surface area contributed by atoms with Crippen LogP contribution in [0, 0.1) is 0 Å². The number of carbonyl (C=O) groups excluding carboxylic acids is 1. The van der Waals surface area contributed by atoms with Gasteiger partial charge < -0.3 is 9.73 Å². The first kappa shape index (κ1) is 17.3. The van der Waals surface area contributed by atoms with Gasteiger partial charge in [-0.25, -0.2) is 4.98 Å². The van der Waals surface area contributed by atoms with Crippen molar-refractivity contribution in [1.82, 2.24) is 25.5 Å². The number of rotatable bonds is 6. The number of thioether (sulfide) groups is 1. The van der Waals surface area contributed by atoms with Crippen molar-refractivity contribution in [3.8, 4) is 11.4 Å². The Bertz CT molecular complexity index is 1030. The standard InChI is InChI=1S/C19H17N5O2S/c1-12(16-10-14-4-2-3-5-15(14)26-16)21-17(25)11-27-19-22-18(23-24-19)13-6-8-20-9-7-13/h2-10,12H,11H2,1H3,(H,21,25)(H,22,23,24). The van der Waals surface area contributed by atoms with Crippen LogP contribution in [0.5, 0.6) is 0 Å². The number of fused-ring (bicyclic) bond motifs is 1. The molecule has 4 aromatic rings. The van der Waals surface area contributed by atoms with Gasteiger partial charge in [0.15, 0.2) is 5.82 Å². The number of H-pyrrole nitrogens is 1. The van der Waals surface area contributed by atoms with Crippen molar-refractivity contribution >= 4 is 28.6 Å². The highest BCUT2D eigenvalue weighted by Crippen LogP contribution is 2.24. The summed E-state index contributed by atoms with van der Waals surface area (Å²) in [4.78, 5) is 20.6. The van der Waals surface area contributed by atoms with Crippen molar-refractivity contribution in [3.63, 3.8) is 0 Å². The molecule has 0 aliphatic rings. The number of nitrogens with one attached hydrogen (secondary N) is 2. The number of hydrogen-bond acceptors (Lipinski definition) is 6. The van der Waals surface area contributed by atoms with E-state index >= 15 is 0 Å². The van der Waals surface area contributed by atoms with E-state index in [1.807, 2.05) is 49.4 Å². The quantitative estimate of drug-likeness (QED) is 0.497. The molecule has 3 heterocycles. The van der Waals surface area contributed by atoms with Gasteiger partial charge in [-0.05, 0) is 31.2 Å². The number of aromatic amines is 1. The highest BCUT2D eigenvalue weighted by Gasteiger charge is 2.15. The summed E-state index contributed by atoms with van der Waals surface area (Å²) in [6.07, 6.45) is 3.38. The second-order valence-corrected chi connectivity index (χ2v) is 6.91. The van der Waals surface area contributed by atoms with Crippen molar-refractivity contribution < 1.29 is 9.21 Å². The molecule has 7 nitrogen and oxygen atoms in total. The number of pyridine rings is 1. The summed E-state index contributed by atoms with van der Waals surface area (Å²) in [5, 5.41) is 11.5. The lowest BCUT2D eigenvalue weighted by Gasteiger charge is -2.10. The summed E-state index contributed by atoms with van der Waals surface area (Å²) in [5.74, 6) is 1.49. The van der Waals surface area contributed by atoms with E-state index in [1.54, 1.807) is 12.4 Å². The monoisotopic (exact) mass is 379 g/mol. The molecule has 3 aromatic heterocycles. The number of aromatic nitrogens is 4. The van der Waals surface area contributed by atoms with Crippen LogP contribution in [0.2, 0.25) is 0 Å². The van der Waals surface area contributed by atoms with Crippen LogP contribution in [-0.2, 0) is 4.79 Å². The fourth-order valence-electron chi connectivity index (χ4n) is 2.65. The normalized spacial score (nSPS) is 12.2. The molecule has 136 valence electrons. The van der Waals surface area contributed by atoms with E-state index in [9.17, 15) is 4.79 Å². The van der Waals surface area contributed by atoms with Crippen LogP contribution in [0.15, 0.2) is 64.4 Å². The van der Waals surface area contributed by atoms with E-state index in [4.69, 9.17) is 4.42 Å². The molecule has 27 heavy (non-hydrogen) atoms. The van der Waals surface area contributed by atoms with Crippen LogP contribution in [-0.4, -0.2) is 31.8 Å². The lowest BCUT2D eigenvalue weighted by molar-refractivity contribution is -0.119. The highest BCUT2D eigenvalue weighted by molar-refractivity contribution is 7.99. The molecular formula is C19H17N5O2S. The summed E-state index contributed by atoms with van der Waals surface area (Å²) in [6, 6.07) is 13.2. The van der Waals surface area contributed by atoms with Gasteiger partial charge in [-0.2, -0.15) is 0 Å². The van der Waals surface area contributed by atoms with Gasteiger partial charge >= 0.3 is 0 Å². The molecule has 0 saturated heterocycles. The zero-order chi connectivity index (χ0) is 18.6. The van der Waals surface area contributed by atoms with Gasteiger partial charge in [0.1, 0.15) is 11.3 Å². The molecule has 1 unspecified atom stereocenters. The average Bonchev–Trinajstić information content (AvgIpc) is 3.34. The van der Waals surface area contributed by atoms with E-state index < -0.39 is 0 Å². The van der Waals surface area contributed by atoms with Gasteiger partial charge in [-0.15, -0.1) is 5.10 Å². The van der Waals surface area contributed by atoms with E-state index in [0.29, 0.717) is 11.0 Å². The predicted molar refractivity (Wildman–Crippen MR) is 103 cm³/mol. The van der Waals surface area contributed by atoms with E-state index in [0.717, 1.165) is 22.3 Å². The van der Waals surface area contributed by atoms with Gasteiger partial charge in [0.05, 0.1) is 11.8 Å². The molecule has 0 radical (unpaired) electrons. The maximum Gasteiger partial charge on any atom is 0.231 e. The molecule has 0 saturated carbocycles. The Kier molecular flexibility index (Phi) is 4.88. The van der Waals surface area contributed by atoms with Crippen LogP contribution in [0.4, 0.5) is 0 Å². The molecule has 0 fully saturated rings. The molecule has 0 bridgehead atoms. The van der Waals surface area contributed by atoms with Crippen LogP contribution < -0.4 is 5.32 Å². The average molecular weight is 379 g/mol. The minimum Gasteiger partial charge on any atom is -0.459 e. The number of benzene rings is 1. The third-order valence-corrected chi connectivity index (χ3v) is 4.85. The van der Waals surface area contributed by atoms with Crippen LogP contribution in [0.25, 0.3) is 22.4 Å². The fraction of sp³-hybridized carbons (Fsp3) is 0.158. The third-order valence-electron chi connectivity index (χ3n) is 4.00. The van der Waals surface area contributed by atoms with Crippen LogP contribution in [0.3, 0.4) is 0 Å². The Labute approximate surface area is 159 Å². The summed E-state index contributed by atoms with van der Waals surface area (Å²) < 4.78 is 5.79. The lowest BCUT2D eigenvalue weighted by Crippen LogP contribution is -2.27. The molecule has 0 aliphatic heterocycles. The second-order valence-electron chi connectivity index (χ2n) is 5.97. The largest absolute Gasteiger partial charge is 0.459 e. The summed E-state index contributed by atoms with van der Waals surface area (Å²) in [6.45, 7) is 1.90. The van der Waals surface area contributed by atoms with Gasteiger partial charge in [-0.3, -0.25) is 14.9 Å². The van der Waals surface area contributed by atoms with E-state index in [1.165, 1.54) is 11.8 Å². The van der Waals surface area contributed by atoms with Crippen molar-refractivity contribution in [2.45, 2.75) is 18.1 Å². The number of furan rings is 1. The highest BCUT2D eigenvalue weighted by atomic mass is 32.2. The van der Waals surface area contributed by atoms with Gasteiger partial charge in [0, 0.05) is 23.3 Å². The molecule has 0 spiro atoms. The Hall–Kier alpha value is -3.13. The first-order valence-corrected chi connectivity index (χ1v) is 9.41. The third kappa shape index (κ3) is 4.01. The van der Waals surface area contributed by atoms with E-state index in [2.05, 4.69) is 25.5 Å². The van der Waals surface area contributed by atoms with Crippen LogP contribution >= 0.6 is 11.8 Å². The smallest absolute Gasteiger partial charge is 0.231 e. The zero-order valence-corrected chi connectivity index (χ0v) is 15.4. The van der Waals surface area contributed by atoms with E-state index in [-0.39, 0.29) is 17.7 Å². The Morgan fingerprint density at radius 1 is 1.26 bits per heavy atom. The molecule has 1 amide bonds. The number of carbonyl (C=O) groups is 1. The first-order valence-electron chi connectivity index (χ1n) is 8.42. The molecule has 8 heteroatoms. The molecular weight excluding hydrogens is 362 g/mol. The SMILES string of the molecule is CC(NC(=O)CSc1n[nH]c(-c2ccncc2)n1)c1cc2ccccc2o1. The first-order chi connectivity index (χ1) is 13.2. The number of hydrogen-bond donors (Lipinski definition) is 2. The molecule has 1 aromatic carbocycles. The summed E-state index contributed by atoms with van der Waals surface area (Å²) in [5.41, 5.74) is 1.71. The fourth-order valence-corrected chi connectivity index (χ4v) is 3.26. The Morgan fingerprint density at radius 3 is 2.89 bits per heavy atom. The summed E-state index contributed by atoms with van der Waals surface area (Å²) in [7, 11) is 0. The lowest BCUT2D eigenvalue weighted by atomic mass is 10.2. The Balaban J connectivity index is 1.33. The van der Waals surface area contributed by atoms with Crippen LogP contribution in [0.1, 0.15) is 18.7 Å². The number of para-hydroxylation sites is 1. The van der Waals surface area contributed by atoms with Crippen molar-refractivity contribution in [1.29, 1.82) is 0 Å². The number of amides is 1. The minimum atomic E-state index is -0.218. The number of nitrogens with zero attached hydrogens (tertiary/aromatic N) is 3. The van der Waals surface area contributed by atoms with Gasteiger partial charge in [-0.1, -0.05) is 30.0 Å². The Morgan fingerprint density at radius 2 is 2.07 bits per heavy atom. The predicted octanol–water partition coefficient (Wildman–Crippen LogP) is 3.58. The molecule has 0 aliphatic carbocycles. The molecule has 4 rings (SSSR count). The minimum absolute atomic E-state index is 0.108. The summed E-state index contributed by atoms with van der Waals surface area (Å²) >= 11 is 1.27. The topological polar surface area (TPSA) is 96.7 Å². The van der Waals surface area contributed by atoms with Crippen molar-refractivity contribution in [2.75, 3.05) is 5.75 Å². The zero-order valence-electron chi connectivity index (χ0n) is 14.5.